The van der Waals surface area contributed by atoms with Gasteiger partial charge in [-0.25, -0.2) is 0 Å². The van der Waals surface area contributed by atoms with Crippen molar-refractivity contribution in [3.05, 3.63) is 51.5 Å². The van der Waals surface area contributed by atoms with Crippen LogP contribution in [0, 0.1) is 11.3 Å². The minimum Gasteiger partial charge on any atom is -0.335 e. The summed E-state index contributed by atoms with van der Waals surface area (Å²) in [6.07, 6.45) is 5.35. The Labute approximate surface area is 172 Å². The van der Waals surface area contributed by atoms with Crippen LogP contribution in [-0.2, 0) is 19.4 Å². The first-order valence-electron chi connectivity index (χ1n) is 10.4. The van der Waals surface area contributed by atoms with Crippen LogP contribution < -0.4 is 0 Å². The fourth-order valence-corrected chi connectivity index (χ4v) is 5.53. The normalized spacial score (nSPS) is 20.8. The van der Waals surface area contributed by atoms with Gasteiger partial charge in [-0.15, -0.1) is 11.3 Å². The number of hydrogen-bond donors (Lipinski definition) is 0. The van der Waals surface area contributed by atoms with Crippen LogP contribution >= 0.6 is 11.3 Å². The molecule has 0 radical (unpaired) electrons. The zero-order valence-corrected chi connectivity index (χ0v) is 18.1. The van der Waals surface area contributed by atoms with Gasteiger partial charge in [-0.2, -0.15) is 0 Å². The van der Waals surface area contributed by atoms with Gasteiger partial charge in [0.15, 0.2) is 0 Å². The smallest absolute Gasteiger partial charge is 0.264 e. The molecule has 3 heterocycles. The summed E-state index contributed by atoms with van der Waals surface area (Å²) in [6, 6.07) is 8.24. The van der Waals surface area contributed by atoms with Crippen LogP contribution in [0.4, 0.5) is 0 Å². The zero-order valence-electron chi connectivity index (χ0n) is 17.3. The van der Waals surface area contributed by atoms with E-state index < -0.39 is 0 Å². The highest BCUT2D eigenvalue weighted by Crippen LogP contribution is 2.40. The summed E-state index contributed by atoms with van der Waals surface area (Å²) in [5.41, 5.74) is 2.86. The van der Waals surface area contributed by atoms with Gasteiger partial charge < -0.3 is 4.90 Å². The lowest BCUT2D eigenvalue weighted by Gasteiger charge is -2.34. The number of aromatic nitrogens is 1. The van der Waals surface area contributed by atoms with Crippen LogP contribution in [0.15, 0.2) is 30.5 Å². The van der Waals surface area contributed by atoms with E-state index in [4.69, 9.17) is 0 Å². The molecular weight excluding hydrogens is 366 g/mol. The van der Waals surface area contributed by atoms with E-state index in [1.165, 1.54) is 16.9 Å². The van der Waals surface area contributed by atoms with Gasteiger partial charge in [0.2, 0.25) is 0 Å². The summed E-state index contributed by atoms with van der Waals surface area (Å²) >= 11 is 1.74. The molecule has 1 amide bonds. The standard InChI is InChI=1S/C23H31N3OS/c1-23(2,3)18-7-8-20-17(14-18)15-21(28-20)22(27)26-12-10-25(11-13-26)16-19-6-4-5-9-24-19/h4-6,9,15,18H,7-8,10-14,16H2,1-3H3. The van der Waals surface area contributed by atoms with E-state index in [9.17, 15) is 4.79 Å². The van der Waals surface area contributed by atoms with Gasteiger partial charge >= 0.3 is 0 Å². The van der Waals surface area contributed by atoms with E-state index in [2.05, 4.69) is 42.8 Å². The Balaban J connectivity index is 1.35. The molecule has 0 aromatic carbocycles. The molecule has 0 saturated carbocycles. The molecule has 1 saturated heterocycles. The number of rotatable bonds is 3. The van der Waals surface area contributed by atoms with Gasteiger partial charge in [0.25, 0.3) is 5.91 Å². The van der Waals surface area contributed by atoms with E-state index in [-0.39, 0.29) is 5.91 Å². The number of nitrogens with zero attached hydrogens (tertiary/aromatic N) is 3. The van der Waals surface area contributed by atoms with Crippen molar-refractivity contribution in [1.29, 1.82) is 0 Å². The van der Waals surface area contributed by atoms with Gasteiger partial charge in [-0.1, -0.05) is 26.8 Å². The number of fused-ring (bicyclic) bond motifs is 1. The molecule has 2 aromatic rings. The van der Waals surface area contributed by atoms with E-state index in [0.29, 0.717) is 11.3 Å². The molecule has 5 heteroatoms. The highest BCUT2D eigenvalue weighted by molar-refractivity contribution is 7.14. The number of piperazine rings is 1. The fourth-order valence-electron chi connectivity index (χ4n) is 4.35. The van der Waals surface area contributed by atoms with Gasteiger partial charge in [-0.3, -0.25) is 14.7 Å². The van der Waals surface area contributed by atoms with E-state index >= 15 is 0 Å². The summed E-state index contributed by atoms with van der Waals surface area (Å²) in [5.74, 6) is 0.942. The number of carbonyl (C=O) groups excluding carboxylic acids is 1. The first kappa shape index (κ1) is 19.6. The monoisotopic (exact) mass is 397 g/mol. The lowest BCUT2D eigenvalue weighted by atomic mass is 9.72. The number of aryl methyl sites for hydroxylation is 1. The van der Waals surface area contributed by atoms with Gasteiger partial charge in [0.05, 0.1) is 10.6 Å². The molecule has 1 aliphatic heterocycles. The average molecular weight is 398 g/mol. The first-order valence-corrected chi connectivity index (χ1v) is 11.2. The first-order chi connectivity index (χ1) is 13.4. The third-order valence-electron chi connectivity index (χ3n) is 6.29. The van der Waals surface area contributed by atoms with E-state index in [1.54, 1.807) is 11.3 Å². The Morgan fingerprint density at radius 2 is 2.00 bits per heavy atom. The molecule has 28 heavy (non-hydrogen) atoms. The number of amides is 1. The maximum Gasteiger partial charge on any atom is 0.264 e. The van der Waals surface area contributed by atoms with Gasteiger partial charge in [-0.05, 0) is 54.4 Å². The third-order valence-corrected chi connectivity index (χ3v) is 7.51. The largest absolute Gasteiger partial charge is 0.335 e. The second-order valence-corrected chi connectivity index (χ2v) is 10.4. The third kappa shape index (κ3) is 4.31. The van der Waals surface area contributed by atoms with Crippen molar-refractivity contribution >= 4 is 17.2 Å². The number of thiophene rings is 1. The summed E-state index contributed by atoms with van der Waals surface area (Å²) < 4.78 is 0. The molecule has 4 rings (SSSR count). The highest BCUT2D eigenvalue weighted by Gasteiger charge is 2.31. The molecule has 0 spiro atoms. The van der Waals surface area contributed by atoms with Crippen molar-refractivity contribution in [2.75, 3.05) is 26.2 Å². The Morgan fingerprint density at radius 1 is 1.21 bits per heavy atom. The van der Waals surface area contributed by atoms with Crippen molar-refractivity contribution in [3.63, 3.8) is 0 Å². The van der Waals surface area contributed by atoms with E-state index in [0.717, 1.165) is 56.1 Å². The van der Waals surface area contributed by atoms with Crippen LogP contribution in [0.3, 0.4) is 0 Å². The zero-order chi connectivity index (χ0) is 19.7. The summed E-state index contributed by atoms with van der Waals surface area (Å²) in [5, 5.41) is 0. The van der Waals surface area contributed by atoms with Crippen molar-refractivity contribution in [3.8, 4) is 0 Å². The van der Waals surface area contributed by atoms with Crippen molar-refractivity contribution in [2.45, 2.75) is 46.6 Å². The summed E-state index contributed by atoms with van der Waals surface area (Å²) in [7, 11) is 0. The van der Waals surface area contributed by atoms with Crippen molar-refractivity contribution in [1.82, 2.24) is 14.8 Å². The number of hydrogen-bond acceptors (Lipinski definition) is 4. The highest BCUT2D eigenvalue weighted by atomic mass is 32.1. The molecule has 1 aliphatic carbocycles. The van der Waals surface area contributed by atoms with E-state index in [1.807, 2.05) is 23.2 Å². The average Bonchev–Trinajstić information content (AvgIpc) is 3.11. The summed E-state index contributed by atoms with van der Waals surface area (Å²) in [4.78, 5) is 24.3. The quantitative estimate of drug-likeness (QED) is 0.777. The van der Waals surface area contributed by atoms with Gasteiger partial charge in [0.1, 0.15) is 0 Å². The lowest BCUT2D eigenvalue weighted by molar-refractivity contribution is 0.0631. The second-order valence-electron chi connectivity index (χ2n) is 9.25. The molecule has 2 aliphatic rings. The molecule has 2 aromatic heterocycles. The predicted octanol–water partition coefficient (Wildman–Crippen LogP) is 4.25. The molecule has 1 unspecified atom stereocenters. The lowest BCUT2D eigenvalue weighted by Crippen LogP contribution is -2.48. The number of carbonyl (C=O) groups is 1. The molecule has 1 atom stereocenters. The SMILES string of the molecule is CC(C)(C)C1CCc2sc(C(=O)N3CCN(Cc4ccccn4)CC3)cc2C1. The molecule has 0 N–H and O–H groups in total. The van der Waals surface area contributed by atoms with Crippen molar-refractivity contribution < 1.29 is 4.79 Å². The summed E-state index contributed by atoms with van der Waals surface area (Å²) in [6.45, 7) is 11.3. The number of pyridine rings is 1. The molecule has 4 nitrogen and oxygen atoms in total. The van der Waals surface area contributed by atoms with Crippen LogP contribution in [0.5, 0.6) is 0 Å². The van der Waals surface area contributed by atoms with Crippen LogP contribution in [0.25, 0.3) is 0 Å². The van der Waals surface area contributed by atoms with Crippen molar-refractivity contribution in [2.24, 2.45) is 11.3 Å². The predicted molar refractivity (Wildman–Crippen MR) is 115 cm³/mol. The van der Waals surface area contributed by atoms with Crippen LogP contribution in [-0.4, -0.2) is 46.9 Å². The molecular formula is C23H31N3OS. The minimum absolute atomic E-state index is 0.226. The Hall–Kier alpha value is -1.72. The second kappa shape index (κ2) is 7.96. The van der Waals surface area contributed by atoms with Crippen LogP contribution in [0.1, 0.15) is 53.0 Å². The molecule has 0 bridgehead atoms. The molecule has 150 valence electrons. The topological polar surface area (TPSA) is 36.4 Å². The minimum atomic E-state index is 0.226. The van der Waals surface area contributed by atoms with Crippen LogP contribution in [0.2, 0.25) is 0 Å². The Morgan fingerprint density at radius 3 is 2.68 bits per heavy atom. The Bertz CT molecular complexity index is 816. The fraction of sp³-hybridized carbons (Fsp3) is 0.565. The maximum atomic E-state index is 13.1. The Kier molecular flexibility index (Phi) is 5.57. The molecule has 1 fully saturated rings. The van der Waals surface area contributed by atoms with Gasteiger partial charge in [0, 0.05) is 43.8 Å². The maximum absolute atomic E-state index is 13.1.